The summed E-state index contributed by atoms with van der Waals surface area (Å²) in [5.41, 5.74) is 1.87. The van der Waals surface area contributed by atoms with Gasteiger partial charge in [-0.15, -0.1) is 12.4 Å². The lowest BCUT2D eigenvalue weighted by Crippen LogP contribution is -2.36. The van der Waals surface area contributed by atoms with Crippen molar-refractivity contribution < 1.29 is 9.53 Å². The van der Waals surface area contributed by atoms with E-state index in [2.05, 4.69) is 24.6 Å². The Bertz CT molecular complexity index is 1410. The minimum Gasteiger partial charge on any atom is -0.452 e. The number of ether oxygens (including phenoxy) is 1. The first-order chi connectivity index (χ1) is 18.0. The van der Waals surface area contributed by atoms with Crippen molar-refractivity contribution in [2.45, 2.75) is 49.5 Å². The van der Waals surface area contributed by atoms with Crippen LogP contribution in [-0.2, 0) is 4.79 Å². The number of aryl methyl sites for hydroxylation is 2. The molecule has 5 heterocycles. The van der Waals surface area contributed by atoms with Gasteiger partial charge in [0.15, 0.2) is 11.6 Å². The molecule has 0 aromatic carbocycles. The molecule has 1 fully saturated rings. The third-order valence-electron chi connectivity index (χ3n) is 6.15. The Labute approximate surface area is 236 Å². The Kier molecular flexibility index (Phi) is 9.13. The summed E-state index contributed by atoms with van der Waals surface area (Å²) in [5, 5.41) is 4.86. The van der Waals surface area contributed by atoms with E-state index in [9.17, 15) is 4.79 Å². The molecule has 1 aliphatic heterocycles. The van der Waals surface area contributed by atoms with Crippen LogP contribution in [0, 0.1) is 13.8 Å². The molecule has 4 aromatic rings. The number of anilines is 2. The first kappa shape index (κ1) is 27.7. The van der Waals surface area contributed by atoms with Gasteiger partial charge in [-0.3, -0.25) is 9.78 Å². The largest absolute Gasteiger partial charge is 0.452 e. The van der Waals surface area contributed by atoms with E-state index < -0.39 is 0 Å². The summed E-state index contributed by atoms with van der Waals surface area (Å²) >= 11 is 2.83. The Morgan fingerprint density at radius 2 is 1.87 bits per heavy atom. The van der Waals surface area contributed by atoms with Gasteiger partial charge in [0.05, 0.1) is 5.69 Å². The molecule has 0 bridgehead atoms. The van der Waals surface area contributed by atoms with Gasteiger partial charge in [-0.1, -0.05) is 17.8 Å². The van der Waals surface area contributed by atoms with Crippen molar-refractivity contribution in [3.63, 3.8) is 0 Å². The third kappa shape index (κ3) is 6.58. The van der Waals surface area contributed by atoms with Crippen LogP contribution in [0.15, 0.2) is 58.8 Å². The molecule has 9 nitrogen and oxygen atoms in total. The predicted molar refractivity (Wildman–Crippen MR) is 151 cm³/mol. The number of pyridine rings is 3. The number of aromatic nitrogens is 5. The number of nitrogens with zero attached hydrogens (tertiary/aromatic N) is 6. The molecular formula is C26H28ClN7O2S2. The summed E-state index contributed by atoms with van der Waals surface area (Å²) < 4.78 is 10.9. The number of piperidine rings is 1. The highest BCUT2D eigenvalue weighted by Gasteiger charge is 2.25. The number of amides is 1. The molecule has 12 heteroatoms. The fraction of sp³-hybridized carbons (Fsp3) is 0.308. The third-order valence-corrected chi connectivity index (χ3v) is 7.88. The normalized spacial score (nSPS) is 13.6. The van der Waals surface area contributed by atoms with E-state index in [4.69, 9.17) is 9.72 Å². The van der Waals surface area contributed by atoms with Crippen LogP contribution in [0.2, 0.25) is 0 Å². The molecule has 0 spiro atoms. The molecule has 1 amide bonds. The SMILES string of the molecule is CC(=O)N1CCC(c2nsc(Nc3ncc(Sc4ncccc4C)cc3Oc3cccnc3C)n2)CC1.Cl. The minimum atomic E-state index is 0. The van der Waals surface area contributed by atoms with E-state index in [0.29, 0.717) is 22.4 Å². The maximum Gasteiger partial charge on any atom is 0.219 e. The summed E-state index contributed by atoms with van der Waals surface area (Å²) in [7, 11) is 0. The van der Waals surface area contributed by atoms with E-state index in [-0.39, 0.29) is 24.2 Å². The van der Waals surface area contributed by atoms with Crippen molar-refractivity contribution in [1.82, 2.24) is 29.2 Å². The van der Waals surface area contributed by atoms with Crippen molar-refractivity contribution in [3.05, 3.63) is 66.0 Å². The molecule has 1 N–H and O–H groups in total. The van der Waals surface area contributed by atoms with Gasteiger partial charge in [0.25, 0.3) is 0 Å². The highest BCUT2D eigenvalue weighted by Crippen LogP contribution is 2.37. The number of rotatable bonds is 7. The lowest BCUT2D eigenvalue weighted by molar-refractivity contribution is -0.129. The van der Waals surface area contributed by atoms with E-state index in [1.807, 2.05) is 49.1 Å². The van der Waals surface area contributed by atoms with Gasteiger partial charge in [-0.2, -0.15) is 4.37 Å². The predicted octanol–water partition coefficient (Wildman–Crippen LogP) is 6.17. The van der Waals surface area contributed by atoms with Crippen LogP contribution in [0.5, 0.6) is 11.5 Å². The minimum absolute atomic E-state index is 0. The quantitative estimate of drug-likeness (QED) is 0.279. The zero-order valence-electron chi connectivity index (χ0n) is 21.2. The second-order valence-electron chi connectivity index (χ2n) is 8.80. The summed E-state index contributed by atoms with van der Waals surface area (Å²) in [6.45, 7) is 7.03. The average molecular weight is 570 g/mol. The monoisotopic (exact) mass is 569 g/mol. The van der Waals surface area contributed by atoms with Crippen molar-refractivity contribution in [2.24, 2.45) is 0 Å². The molecule has 0 aliphatic carbocycles. The molecule has 0 saturated carbocycles. The Balaban J connectivity index is 0.00000336. The van der Waals surface area contributed by atoms with Gasteiger partial charge in [0.1, 0.15) is 16.6 Å². The van der Waals surface area contributed by atoms with E-state index in [1.165, 1.54) is 23.3 Å². The molecule has 0 unspecified atom stereocenters. The average Bonchev–Trinajstić information content (AvgIpc) is 3.37. The maximum atomic E-state index is 11.6. The number of likely N-dealkylation sites (tertiary alicyclic amines) is 1. The lowest BCUT2D eigenvalue weighted by atomic mass is 9.96. The van der Waals surface area contributed by atoms with E-state index in [0.717, 1.165) is 52.9 Å². The zero-order chi connectivity index (χ0) is 25.8. The lowest BCUT2D eigenvalue weighted by Gasteiger charge is -2.29. The fourth-order valence-electron chi connectivity index (χ4n) is 4.04. The Morgan fingerprint density at radius 3 is 2.61 bits per heavy atom. The van der Waals surface area contributed by atoms with Gasteiger partial charge >= 0.3 is 0 Å². The van der Waals surface area contributed by atoms with Gasteiger partial charge in [-0.05, 0) is 50.5 Å². The summed E-state index contributed by atoms with van der Waals surface area (Å²) in [6, 6.07) is 9.62. The van der Waals surface area contributed by atoms with Crippen molar-refractivity contribution in [3.8, 4) is 11.5 Å². The van der Waals surface area contributed by atoms with Gasteiger partial charge < -0.3 is 15.0 Å². The van der Waals surface area contributed by atoms with Crippen LogP contribution in [0.25, 0.3) is 0 Å². The highest BCUT2D eigenvalue weighted by atomic mass is 35.5. The van der Waals surface area contributed by atoms with Crippen molar-refractivity contribution >= 4 is 52.6 Å². The van der Waals surface area contributed by atoms with Crippen LogP contribution < -0.4 is 10.1 Å². The number of nitrogens with one attached hydrogen (secondary N) is 1. The number of hydrogen-bond acceptors (Lipinski definition) is 10. The van der Waals surface area contributed by atoms with Gasteiger partial charge in [-0.25, -0.2) is 15.0 Å². The molecule has 1 aliphatic rings. The highest BCUT2D eigenvalue weighted by molar-refractivity contribution is 7.99. The van der Waals surface area contributed by atoms with Crippen molar-refractivity contribution in [1.29, 1.82) is 0 Å². The number of hydrogen-bond donors (Lipinski definition) is 1. The van der Waals surface area contributed by atoms with Crippen LogP contribution in [0.1, 0.15) is 42.8 Å². The Hall–Kier alpha value is -3.28. The van der Waals surface area contributed by atoms with Crippen LogP contribution in [0.3, 0.4) is 0 Å². The first-order valence-electron chi connectivity index (χ1n) is 12.0. The number of carbonyl (C=O) groups excluding carboxylic acids is 1. The summed E-state index contributed by atoms with van der Waals surface area (Å²) in [6.07, 6.45) is 7.04. The number of halogens is 1. The zero-order valence-corrected chi connectivity index (χ0v) is 23.7. The van der Waals surface area contributed by atoms with E-state index >= 15 is 0 Å². The standard InChI is InChI=1S/C26H27N7O2S2.ClH/c1-16-6-4-11-28-25(16)36-20-14-22(35-21-7-5-10-27-17(21)2)24(29-15-20)31-26-30-23(32-37-26)19-8-12-33(13-9-19)18(3)34;/h4-7,10-11,14-15,19H,8-9,12-13H2,1-3H3,(H,29,30,31,32);1H. The first-order valence-corrected chi connectivity index (χ1v) is 13.6. The second kappa shape index (κ2) is 12.5. The van der Waals surface area contributed by atoms with Gasteiger partial charge in [0, 0.05) is 67.0 Å². The van der Waals surface area contributed by atoms with Crippen LogP contribution in [-0.4, -0.2) is 48.2 Å². The molecular weight excluding hydrogens is 542 g/mol. The molecule has 198 valence electrons. The van der Waals surface area contributed by atoms with Gasteiger partial charge in [0.2, 0.25) is 11.0 Å². The molecule has 1 saturated heterocycles. The molecule has 4 aromatic heterocycles. The van der Waals surface area contributed by atoms with Crippen molar-refractivity contribution in [2.75, 3.05) is 18.4 Å². The molecule has 0 atom stereocenters. The number of carbonyl (C=O) groups is 1. The Morgan fingerprint density at radius 1 is 1.11 bits per heavy atom. The summed E-state index contributed by atoms with van der Waals surface area (Å²) in [4.78, 5) is 32.6. The topological polar surface area (TPSA) is 106 Å². The fourth-order valence-corrected chi connectivity index (χ4v) is 5.53. The smallest absolute Gasteiger partial charge is 0.219 e. The molecule has 38 heavy (non-hydrogen) atoms. The molecule has 5 rings (SSSR count). The van der Waals surface area contributed by atoms with Crippen LogP contribution >= 0.6 is 35.7 Å². The molecule has 0 radical (unpaired) electrons. The van der Waals surface area contributed by atoms with Crippen LogP contribution in [0.4, 0.5) is 10.9 Å². The maximum absolute atomic E-state index is 11.6. The second-order valence-corrected chi connectivity index (χ2v) is 10.6. The summed E-state index contributed by atoms with van der Waals surface area (Å²) in [5.74, 6) is 2.91. The van der Waals surface area contributed by atoms with E-state index in [1.54, 1.807) is 25.5 Å².